The lowest BCUT2D eigenvalue weighted by molar-refractivity contribution is 0.880. The van der Waals surface area contributed by atoms with Gasteiger partial charge in [0.1, 0.15) is 0 Å². The van der Waals surface area contributed by atoms with Gasteiger partial charge in [-0.15, -0.1) is 0 Å². The fourth-order valence-corrected chi connectivity index (χ4v) is 1.30. The maximum absolute atomic E-state index is 8.35. The van der Waals surface area contributed by atoms with E-state index >= 15 is 0 Å². The van der Waals surface area contributed by atoms with Crippen molar-refractivity contribution in [2.45, 2.75) is 6.42 Å². The second-order valence-corrected chi connectivity index (χ2v) is 3.13. The standard InChI is InChI=1S/C13H9N3/c14-9-2-1-4-12-5-7-13(8-6-12)16-11-3-10-15-16/h3,5-8,10-11H,2H2. The van der Waals surface area contributed by atoms with Gasteiger partial charge in [0.05, 0.1) is 18.2 Å². The Balaban J connectivity index is 2.19. The average molecular weight is 207 g/mol. The Kier molecular flexibility index (Phi) is 3.01. The van der Waals surface area contributed by atoms with Gasteiger partial charge in [0, 0.05) is 18.0 Å². The van der Waals surface area contributed by atoms with Crippen LogP contribution in [0.15, 0.2) is 42.7 Å². The third-order valence-electron chi connectivity index (χ3n) is 2.04. The molecule has 1 heterocycles. The predicted octanol–water partition coefficient (Wildman–Crippen LogP) is 2.14. The number of rotatable bonds is 1. The van der Waals surface area contributed by atoms with Crippen molar-refractivity contribution in [2.75, 3.05) is 0 Å². The third kappa shape index (κ3) is 2.29. The van der Waals surface area contributed by atoms with Crippen molar-refractivity contribution in [3.63, 3.8) is 0 Å². The van der Waals surface area contributed by atoms with Crippen LogP contribution in [0.1, 0.15) is 12.0 Å². The molecule has 2 rings (SSSR count). The molecule has 0 radical (unpaired) electrons. The lowest BCUT2D eigenvalue weighted by atomic mass is 10.2. The maximum Gasteiger partial charge on any atom is 0.0966 e. The quantitative estimate of drug-likeness (QED) is 0.672. The molecule has 3 nitrogen and oxygen atoms in total. The van der Waals surface area contributed by atoms with Crippen LogP contribution >= 0.6 is 0 Å². The van der Waals surface area contributed by atoms with E-state index in [2.05, 4.69) is 16.9 Å². The Labute approximate surface area is 93.9 Å². The number of nitrogens with zero attached hydrogens (tertiary/aromatic N) is 3. The third-order valence-corrected chi connectivity index (χ3v) is 2.04. The largest absolute Gasteiger partial charge is 0.241 e. The molecule has 0 N–H and O–H groups in total. The minimum absolute atomic E-state index is 0.265. The van der Waals surface area contributed by atoms with Crippen LogP contribution in [0.4, 0.5) is 0 Å². The highest BCUT2D eigenvalue weighted by Crippen LogP contribution is 2.07. The molecule has 0 bridgehead atoms. The highest BCUT2D eigenvalue weighted by Gasteiger charge is 1.94. The van der Waals surface area contributed by atoms with E-state index in [0.29, 0.717) is 0 Å². The van der Waals surface area contributed by atoms with Crippen molar-refractivity contribution in [1.29, 1.82) is 5.26 Å². The molecule has 3 heteroatoms. The van der Waals surface area contributed by atoms with Crippen LogP contribution in [-0.2, 0) is 0 Å². The summed E-state index contributed by atoms with van der Waals surface area (Å²) in [5, 5.41) is 12.5. The highest BCUT2D eigenvalue weighted by molar-refractivity contribution is 5.41. The van der Waals surface area contributed by atoms with Gasteiger partial charge in [-0.3, -0.25) is 0 Å². The number of nitriles is 1. The van der Waals surface area contributed by atoms with Gasteiger partial charge in [0.15, 0.2) is 0 Å². The molecular weight excluding hydrogens is 198 g/mol. The molecule has 1 aromatic heterocycles. The van der Waals surface area contributed by atoms with Gasteiger partial charge in [0.2, 0.25) is 0 Å². The van der Waals surface area contributed by atoms with Crippen LogP contribution in [0.5, 0.6) is 0 Å². The lowest BCUT2D eigenvalue weighted by Crippen LogP contribution is -1.93. The minimum atomic E-state index is 0.265. The van der Waals surface area contributed by atoms with Crippen molar-refractivity contribution in [1.82, 2.24) is 9.78 Å². The van der Waals surface area contributed by atoms with E-state index in [0.717, 1.165) is 11.3 Å². The van der Waals surface area contributed by atoms with Gasteiger partial charge in [-0.25, -0.2) is 4.68 Å². The van der Waals surface area contributed by atoms with Gasteiger partial charge < -0.3 is 0 Å². The molecule has 0 saturated heterocycles. The molecule has 0 unspecified atom stereocenters. The molecule has 2 aromatic rings. The number of hydrogen-bond donors (Lipinski definition) is 0. The summed E-state index contributed by atoms with van der Waals surface area (Å²) in [5.41, 5.74) is 1.90. The van der Waals surface area contributed by atoms with Crippen LogP contribution in [0.2, 0.25) is 0 Å². The molecule has 0 atom stereocenters. The molecule has 76 valence electrons. The van der Waals surface area contributed by atoms with E-state index in [9.17, 15) is 0 Å². The van der Waals surface area contributed by atoms with Gasteiger partial charge in [-0.05, 0) is 30.3 Å². The summed E-state index contributed by atoms with van der Waals surface area (Å²) < 4.78 is 1.78. The fourth-order valence-electron chi connectivity index (χ4n) is 1.30. The van der Waals surface area contributed by atoms with Crippen molar-refractivity contribution in [2.24, 2.45) is 0 Å². The summed E-state index contributed by atoms with van der Waals surface area (Å²) in [6, 6.07) is 11.6. The van der Waals surface area contributed by atoms with E-state index in [1.807, 2.05) is 42.6 Å². The molecule has 0 saturated carbocycles. The van der Waals surface area contributed by atoms with Crippen molar-refractivity contribution in [3.05, 3.63) is 48.3 Å². The smallest absolute Gasteiger partial charge is 0.0966 e. The predicted molar refractivity (Wildman–Crippen MR) is 60.7 cm³/mol. The molecule has 0 amide bonds. The average Bonchev–Trinajstić information content (AvgIpc) is 2.84. The van der Waals surface area contributed by atoms with Crippen LogP contribution in [0.3, 0.4) is 0 Å². The van der Waals surface area contributed by atoms with Crippen LogP contribution in [0, 0.1) is 23.2 Å². The first-order valence-corrected chi connectivity index (χ1v) is 4.86. The van der Waals surface area contributed by atoms with Gasteiger partial charge in [-0.1, -0.05) is 11.8 Å². The van der Waals surface area contributed by atoms with E-state index < -0.39 is 0 Å². The first kappa shape index (κ1) is 10.0. The van der Waals surface area contributed by atoms with Crippen molar-refractivity contribution < 1.29 is 0 Å². The molecule has 0 aliphatic carbocycles. The van der Waals surface area contributed by atoms with Gasteiger partial charge >= 0.3 is 0 Å². The second kappa shape index (κ2) is 4.82. The molecule has 1 aromatic carbocycles. The molecule has 0 aliphatic rings. The van der Waals surface area contributed by atoms with Crippen molar-refractivity contribution >= 4 is 0 Å². The monoisotopic (exact) mass is 207 g/mol. The number of benzene rings is 1. The summed E-state index contributed by atoms with van der Waals surface area (Å²) in [5.74, 6) is 5.69. The van der Waals surface area contributed by atoms with Crippen molar-refractivity contribution in [3.8, 4) is 23.6 Å². The molecule has 0 aliphatic heterocycles. The van der Waals surface area contributed by atoms with Gasteiger partial charge in [-0.2, -0.15) is 10.4 Å². The Hall–Kier alpha value is -2.52. The summed E-state index contributed by atoms with van der Waals surface area (Å²) in [7, 11) is 0. The highest BCUT2D eigenvalue weighted by atomic mass is 15.3. The first-order valence-electron chi connectivity index (χ1n) is 4.86. The Morgan fingerprint density at radius 2 is 2.06 bits per heavy atom. The molecule has 0 fully saturated rings. The van der Waals surface area contributed by atoms with Crippen LogP contribution in [-0.4, -0.2) is 9.78 Å². The maximum atomic E-state index is 8.35. The zero-order valence-corrected chi connectivity index (χ0v) is 8.59. The summed E-state index contributed by atoms with van der Waals surface area (Å²) in [6.07, 6.45) is 3.89. The summed E-state index contributed by atoms with van der Waals surface area (Å²) in [6.45, 7) is 0. The van der Waals surface area contributed by atoms with E-state index in [1.54, 1.807) is 10.9 Å². The summed E-state index contributed by atoms with van der Waals surface area (Å²) in [4.78, 5) is 0. The topological polar surface area (TPSA) is 41.6 Å². The normalized spacial score (nSPS) is 8.94. The van der Waals surface area contributed by atoms with Crippen LogP contribution < -0.4 is 0 Å². The molecule has 0 spiro atoms. The van der Waals surface area contributed by atoms with E-state index in [-0.39, 0.29) is 6.42 Å². The Morgan fingerprint density at radius 1 is 1.25 bits per heavy atom. The van der Waals surface area contributed by atoms with Gasteiger partial charge in [0.25, 0.3) is 0 Å². The molecule has 16 heavy (non-hydrogen) atoms. The summed E-state index contributed by atoms with van der Waals surface area (Å²) >= 11 is 0. The zero-order valence-electron chi connectivity index (χ0n) is 8.59. The second-order valence-electron chi connectivity index (χ2n) is 3.13. The Bertz CT molecular complexity index is 548. The fraction of sp³-hybridized carbons (Fsp3) is 0.0769. The first-order chi connectivity index (χ1) is 7.90. The Morgan fingerprint density at radius 3 is 2.69 bits per heavy atom. The lowest BCUT2D eigenvalue weighted by Gasteiger charge is -2.00. The SMILES string of the molecule is N#CCC#Cc1ccc(-n2cccn2)cc1. The van der Waals surface area contributed by atoms with E-state index in [4.69, 9.17) is 5.26 Å². The van der Waals surface area contributed by atoms with Crippen LogP contribution in [0.25, 0.3) is 5.69 Å². The zero-order chi connectivity index (χ0) is 11.2. The number of hydrogen-bond acceptors (Lipinski definition) is 2. The minimum Gasteiger partial charge on any atom is -0.241 e. The number of aromatic nitrogens is 2. The molecular formula is C13H9N3. The van der Waals surface area contributed by atoms with E-state index in [1.165, 1.54) is 0 Å².